The quantitative estimate of drug-likeness (QED) is 0.909. The maximum absolute atomic E-state index is 13.1. The van der Waals surface area contributed by atoms with E-state index in [1.807, 2.05) is 18.2 Å². The Morgan fingerprint density at radius 2 is 2.17 bits per heavy atom. The fraction of sp³-hybridized carbons (Fsp3) is 0.0625. The number of nitrogens with zero attached hydrogens (tertiary/aromatic N) is 2. The molecule has 5 nitrogen and oxygen atoms in total. The van der Waals surface area contributed by atoms with E-state index in [1.54, 1.807) is 18.6 Å². The van der Waals surface area contributed by atoms with Gasteiger partial charge < -0.3 is 10.6 Å². The van der Waals surface area contributed by atoms with E-state index in [0.29, 0.717) is 5.70 Å². The zero-order valence-corrected chi connectivity index (χ0v) is 12.6. The summed E-state index contributed by atoms with van der Waals surface area (Å²) in [5.41, 5.74) is 1.67. The van der Waals surface area contributed by atoms with E-state index in [-0.39, 0.29) is 16.5 Å². The van der Waals surface area contributed by atoms with Crippen LogP contribution in [0.5, 0.6) is 0 Å². The Morgan fingerprint density at radius 1 is 1.30 bits per heavy atom. The number of hydrogen-bond acceptors (Lipinski definition) is 4. The first-order chi connectivity index (χ1) is 11.1. The highest BCUT2D eigenvalue weighted by molar-refractivity contribution is 6.31. The molecule has 1 aromatic carbocycles. The molecule has 116 valence electrons. The average Bonchev–Trinajstić information content (AvgIpc) is 2.59. The first kappa shape index (κ1) is 15.2. The first-order valence-corrected chi connectivity index (χ1v) is 7.19. The summed E-state index contributed by atoms with van der Waals surface area (Å²) < 4.78 is 13.1. The highest BCUT2D eigenvalue weighted by Gasteiger charge is 2.15. The minimum absolute atomic E-state index is 0.0970. The number of halogens is 2. The maximum Gasteiger partial charge on any atom is 0.253 e. The van der Waals surface area contributed by atoms with Gasteiger partial charge in [-0.05, 0) is 30.3 Å². The van der Waals surface area contributed by atoms with Gasteiger partial charge in [0.2, 0.25) is 0 Å². The van der Waals surface area contributed by atoms with Gasteiger partial charge >= 0.3 is 0 Å². The second-order valence-corrected chi connectivity index (χ2v) is 5.18. The van der Waals surface area contributed by atoms with Crippen LogP contribution in [0, 0.1) is 5.82 Å². The summed E-state index contributed by atoms with van der Waals surface area (Å²) in [6, 6.07) is 9.32. The predicted octanol–water partition coefficient (Wildman–Crippen LogP) is 2.60. The average molecular weight is 331 g/mol. The zero-order chi connectivity index (χ0) is 16.2. The lowest BCUT2D eigenvalue weighted by Gasteiger charge is -2.19. The molecule has 1 aromatic heterocycles. The molecule has 1 unspecified atom stereocenters. The zero-order valence-electron chi connectivity index (χ0n) is 11.8. The van der Waals surface area contributed by atoms with Crippen molar-refractivity contribution in [1.82, 2.24) is 15.6 Å². The molecule has 0 fully saturated rings. The second kappa shape index (κ2) is 6.58. The van der Waals surface area contributed by atoms with Crippen molar-refractivity contribution >= 4 is 29.4 Å². The molecule has 2 heterocycles. The van der Waals surface area contributed by atoms with Crippen molar-refractivity contribution in [3.63, 3.8) is 0 Å². The summed E-state index contributed by atoms with van der Waals surface area (Å²) in [7, 11) is 0. The van der Waals surface area contributed by atoms with Gasteiger partial charge in [0, 0.05) is 24.2 Å². The number of carbonyl (C=O) groups excluding carboxylic acids is 1. The van der Waals surface area contributed by atoms with Crippen LogP contribution in [0.3, 0.4) is 0 Å². The third kappa shape index (κ3) is 3.54. The molecule has 2 aromatic rings. The molecule has 2 N–H and O–H groups in total. The molecule has 1 atom stereocenters. The molecule has 1 aliphatic rings. The van der Waals surface area contributed by atoms with E-state index in [1.165, 1.54) is 12.1 Å². The Labute approximate surface area is 136 Å². The van der Waals surface area contributed by atoms with Gasteiger partial charge in [-0.1, -0.05) is 17.7 Å². The molecule has 1 aliphatic heterocycles. The first-order valence-electron chi connectivity index (χ1n) is 6.81. The number of benzene rings is 1. The number of aliphatic imine (C=N–C) groups is 1. The summed E-state index contributed by atoms with van der Waals surface area (Å²) in [6.45, 7) is 0. The monoisotopic (exact) mass is 330 g/mol. The Kier molecular flexibility index (Phi) is 4.34. The molecule has 0 aliphatic carbocycles. The highest BCUT2D eigenvalue weighted by Crippen LogP contribution is 2.16. The molecule has 0 bridgehead atoms. The molecule has 1 amide bonds. The number of amides is 1. The maximum atomic E-state index is 13.1. The lowest BCUT2D eigenvalue weighted by molar-refractivity contribution is 0.0944. The molecule has 3 rings (SSSR count). The number of nitrogens with one attached hydrogen (secondary N) is 2. The lowest BCUT2D eigenvalue weighted by atomic mass is 10.2. The molecule has 23 heavy (non-hydrogen) atoms. The molecular weight excluding hydrogens is 319 g/mol. The standard InChI is InChI=1S/C16H12ClFN4O/c17-11-7-10(4-5-12(11)18)16(23)22-15-9-20-14(8-21-15)13-3-1-2-6-19-13/h1-9,15,21H,(H,22,23). The largest absolute Gasteiger partial charge is 0.365 e. The van der Waals surface area contributed by atoms with Gasteiger partial charge in [0.15, 0.2) is 0 Å². The van der Waals surface area contributed by atoms with E-state index in [0.717, 1.165) is 11.8 Å². The Bertz CT molecular complexity index is 792. The minimum atomic E-state index is -0.566. The summed E-state index contributed by atoms with van der Waals surface area (Å²) in [4.78, 5) is 20.6. The van der Waals surface area contributed by atoms with E-state index in [2.05, 4.69) is 20.6 Å². The van der Waals surface area contributed by atoms with Crippen LogP contribution in [-0.4, -0.2) is 23.3 Å². The van der Waals surface area contributed by atoms with Gasteiger partial charge in [-0.3, -0.25) is 14.8 Å². The van der Waals surface area contributed by atoms with Crippen LogP contribution in [0.4, 0.5) is 4.39 Å². The van der Waals surface area contributed by atoms with Crippen LogP contribution in [0.2, 0.25) is 5.02 Å². The van der Waals surface area contributed by atoms with Crippen LogP contribution in [0.25, 0.3) is 5.70 Å². The van der Waals surface area contributed by atoms with Crippen molar-refractivity contribution < 1.29 is 9.18 Å². The van der Waals surface area contributed by atoms with E-state index >= 15 is 0 Å². The van der Waals surface area contributed by atoms with Crippen molar-refractivity contribution in [3.8, 4) is 0 Å². The van der Waals surface area contributed by atoms with Crippen molar-refractivity contribution in [3.05, 3.63) is 70.9 Å². The smallest absolute Gasteiger partial charge is 0.253 e. The molecular formula is C16H12ClFN4O. The SMILES string of the molecule is O=C(NC1C=NC(c2ccccn2)=CN1)c1ccc(F)c(Cl)c1. The number of rotatable bonds is 3. The van der Waals surface area contributed by atoms with Gasteiger partial charge in [0.25, 0.3) is 5.91 Å². The van der Waals surface area contributed by atoms with Crippen molar-refractivity contribution in [2.24, 2.45) is 4.99 Å². The summed E-state index contributed by atoms with van der Waals surface area (Å²) in [5.74, 6) is -0.950. The van der Waals surface area contributed by atoms with Crippen LogP contribution < -0.4 is 10.6 Å². The lowest BCUT2D eigenvalue weighted by Crippen LogP contribution is -2.45. The van der Waals surface area contributed by atoms with Gasteiger partial charge in [0.05, 0.1) is 10.7 Å². The van der Waals surface area contributed by atoms with Crippen LogP contribution >= 0.6 is 11.6 Å². The van der Waals surface area contributed by atoms with Crippen molar-refractivity contribution in [1.29, 1.82) is 0 Å². The Morgan fingerprint density at radius 3 is 2.83 bits per heavy atom. The van der Waals surface area contributed by atoms with E-state index < -0.39 is 12.0 Å². The third-order valence-corrected chi connectivity index (χ3v) is 3.45. The fourth-order valence-corrected chi connectivity index (χ4v) is 2.18. The van der Waals surface area contributed by atoms with Crippen LogP contribution in [-0.2, 0) is 0 Å². The van der Waals surface area contributed by atoms with E-state index in [4.69, 9.17) is 11.6 Å². The van der Waals surface area contributed by atoms with Crippen LogP contribution in [0.15, 0.2) is 53.8 Å². The topological polar surface area (TPSA) is 66.4 Å². The summed E-state index contributed by atoms with van der Waals surface area (Å²) >= 11 is 5.67. The van der Waals surface area contributed by atoms with Gasteiger partial charge in [-0.25, -0.2) is 4.39 Å². The molecule has 7 heteroatoms. The van der Waals surface area contributed by atoms with Crippen molar-refractivity contribution in [2.45, 2.75) is 6.17 Å². The molecule has 0 saturated carbocycles. The predicted molar refractivity (Wildman–Crippen MR) is 86.5 cm³/mol. The third-order valence-electron chi connectivity index (χ3n) is 3.16. The normalized spacial score (nSPS) is 16.4. The van der Waals surface area contributed by atoms with Gasteiger partial charge in [0.1, 0.15) is 17.7 Å². The van der Waals surface area contributed by atoms with Crippen molar-refractivity contribution in [2.75, 3.05) is 0 Å². The number of carbonyl (C=O) groups is 1. The number of hydrogen-bond donors (Lipinski definition) is 2. The number of aromatic nitrogens is 1. The Hall–Kier alpha value is -2.73. The fourth-order valence-electron chi connectivity index (χ4n) is 2.00. The van der Waals surface area contributed by atoms with Gasteiger partial charge in [-0.2, -0.15) is 0 Å². The highest BCUT2D eigenvalue weighted by atomic mass is 35.5. The summed E-state index contributed by atoms with van der Waals surface area (Å²) in [5, 5.41) is 5.62. The van der Waals surface area contributed by atoms with Gasteiger partial charge in [-0.15, -0.1) is 0 Å². The molecule has 0 spiro atoms. The number of pyridine rings is 1. The minimum Gasteiger partial charge on any atom is -0.365 e. The molecule has 0 saturated heterocycles. The van der Waals surface area contributed by atoms with Crippen LogP contribution in [0.1, 0.15) is 16.1 Å². The second-order valence-electron chi connectivity index (χ2n) is 4.77. The summed E-state index contributed by atoms with van der Waals surface area (Å²) in [6.07, 6.45) is 4.44. The van der Waals surface area contributed by atoms with E-state index in [9.17, 15) is 9.18 Å². The molecule has 0 radical (unpaired) electrons. The Balaban J connectivity index is 1.65.